The maximum Gasteiger partial charge on any atom is 0.169 e. The first kappa shape index (κ1) is 14.7. The zero-order valence-electron chi connectivity index (χ0n) is 11.7. The number of nitrogens with zero attached hydrogens (tertiary/aromatic N) is 2. The lowest BCUT2D eigenvalue weighted by Gasteiger charge is -2.07. The van der Waals surface area contributed by atoms with Gasteiger partial charge in [-0.25, -0.2) is 4.39 Å². The lowest BCUT2D eigenvalue weighted by Crippen LogP contribution is -2.11. The molecular weight excluding hydrogens is 279 g/mol. The molecular formula is C15H16ClFN2O. The van der Waals surface area contributed by atoms with Crippen LogP contribution < -0.4 is 0 Å². The first-order chi connectivity index (χ1) is 9.43. The van der Waals surface area contributed by atoms with Crippen molar-refractivity contribution in [3.8, 4) is 0 Å². The van der Waals surface area contributed by atoms with Crippen LogP contribution in [-0.4, -0.2) is 15.6 Å². The number of aryl methyl sites for hydroxylation is 3. The van der Waals surface area contributed by atoms with E-state index in [0.29, 0.717) is 28.5 Å². The second-order valence-electron chi connectivity index (χ2n) is 4.72. The van der Waals surface area contributed by atoms with Gasteiger partial charge in [-0.15, -0.1) is 0 Å². The Hall–Kier alpha value is -1.68. The van der Waals surface area contributed by atoms with Gasteiger partial charge in [-0.2, -0.15) is 5.10 Å². The molecule has 0 fully saturated rings. The van der Waals surface area contributed by atoms with E-state index in [9.17, 15) is 9.18 Å². The molecule has 2 aromatic rings. The highest BCUT2D eigenvalue weighted by molar-refractivity contribution is 6.32. The molecule has 0 atom stereocenters. The minimum atomic E-state index is -0.412. The van der Waals surface area contributed by atoms with Crippen molar-refractivity contribution in [1.82, 2.24) is 9.78 Å². The van der Waals surface area contributed by atoms with Crippen LogP contribution >= 0.6 is 11.6 Å². The molecule has 5 heteroatoms. The third kappa shape index (κ3) is 2.75. The zero-order chi connectivity index (χ0) is 14.9. The number of carbonyl (C=O) groups is 1. The second kappa shape index (κ2) is 5.75. The van der Waals surface area contributed by atoms with Gasteiger partial charge in [-0.3, -0.25) is 9.48 Å². The van der Waals surface area contributed by atoms with Crippen LogP contribution in [0.3, 0.4) is 0 Å². The van der Waals surface area contributed by atoms with Crippen molar-refractivity contribution in [3.63, 3.8) is 0 Å². The van der Waals surface area contributed by atoms with Crippen LogP contribution in [0.15, 0.2) is 18.2 Å². The highest BCUT2D eigenvalue weighted by Crippen LogP contribution is 2.23. The van der Waals surface area contributed by atoms with E-state index in [2.05, 4.69) is 5.10 Å². The smallest absolute Gasteiger partial charge is 0.169 e. The molecule has 0 aliphatic rings. The van der Waals surface area contributed by atoms with E-state index in [4.69, 9.17) is 11.6 Å². The Morgan fingerprint density at radius 1 is 1.40 bits per heavy atom. The molecule has 20 heavy (non-hydrogen) atoms. The maximum absolute atomic E-state index is 13.3. The van der Waals surface area contributed by atoms with Crippen molar-refractivity contribution in [2.24, 2.45) is 0 Å². The first-order valence-corrected chi connectivity index (χ1v) is 6.83. The van der Waals surface area contributed by atoms with Crippen molar-refractivity contribution in [2.75, 3.05) is 0 Å². The van der Waals surface area contributed by atoms with Gasteiger partial charge in [0.15, 0.2) is 5.78 Å². The minimum absolute atomic E-state index is 0.123. The summed E-state index contributed by atoms with van der Waals surface area (Å²) < 4.78 is 15.0. The first-order valence-electron chi connectivity index (χ1n) is 6.45. The Labute approximate surface area is 122 Å². The third-order valence-electron chi connectivity index (χ3n) is 3.28. The van der Waals surface area contributed by atoms with Gasteiger partial charge in [0, 0.05) is 12.1 Å². The molecule has 0 aliphatic heterocycles. The second-order valence-corrected chi connectivity index (χ2v) is 5.10. The standard InChI is InChI=1S/C15H16ClFN2O/c1-4-19-13(15(16)10(3)18-19)8-14(20)12-7-11(17)6-5-9(12)2/h5-7H,4,8H2,1-3H3. The fourth-order valence-corrected chi connectivity index (χ4v) is 2.38. The van der Waals surface area contributed by atoms with Crippen molar-refractivity contribution in [1.29, 1.82) is 0 Å². The molecule has 0 spiro atoms. The summed E-state index contributed by atoms with van der Waals surface area (Å²) in [6.07, 6.45) is 0.123. The topological polar surface area (TPSA) is 34.9 Å². The molecule has 0 amide bonds. The number of hydrogen-bond acceptors (Lipinski definition) is 2. The predicted molar refractivity (Wildman–Crippen MR) is 76.8 cm³/mol. The summed E-state index contributed by atoms with van der Waals surface area (Å²) in [6, 6.07) is 4.22. The zero-order valence-corrected chi connectivity index (χ0v) is 12.5. The van der Waals surface area contributed by atoms with Gasteiger partial charge >= 0.3 is 0 Å². The van der Waals surface area contributed by atoms with Crippen molar-refractivity contribution < 1.29 is 9.18 Å². The number of carbonyl (C=O) groups excluding carboxylic acids is 1. The van der Waals surface area contributed by atoms with Gasteiger partial charge in [-0.1, -0.05) is 17.7 Å². The molecule has 0 unspecified atom stereocenters. The Morgan fingerprint density at radius 3 is 2.75 bits per heavy atom. The van der Waals surface area contributed by atoms with Crippen LogP contribution in [0.5, 0.6) is 0 Å². The molecule has 106 valence electrons. The molecule has 0 bridgehead atoms. The molecule has 2 rings (SSSR count). The average molecular weight is 295 g/mol. The van der Waals surface area contributed by atoms with Crippen LogP contribution in [0.1, 0.15) is 34.2 Å². The SMILES string of the molecule is CCn1nc(C)c(Cl)c1CC(=O)c1cc(F)ccc1C. The van der Waals surface area contributed by atoms with E-state index in [-0.39, 0.29) is 12.2 Å². The quantitative estimate of drug-likeness (QED) is 0.805. The Balaban J connectivity index is 2.35. The molecule has 1 heterocycles. The van der Waals surface area contributed by atoms with E-state index < -0.39 is 5.82 Å². The molecule has 0 saturated heterocycles. The lowest BCUT2D eigenvalue weighted by molar-refractivity contribution is 0.0989. The van der Waals surface area contributed by atoms with Crippen LogP contribution in [0.4, 0.5) is 4.39 Å². The van der Waals surface area contributed by atoms with Gasteiger partial charge in [0.25, 0.3) is 0 Å². The third-order valence-corrected chi connectivity index (χ3v) is 3.77. The molecule has 0 aliphatic carbocycles. The van der Waals surface area contributed by atoms with Crippen LogP contribution in [0, 0.1) is 19.7 Å². The van der Waals surface area contributed by atoms with E-state index in [1.807, 2.05) is 6.92 Å². The van der Waals surface area contributed by atoms with E-state index >= 15 is 0 Å². The van der Waals surface area contributed by atoms with Crippen LogP contribution in [-0.2, 0) is 13.0 Å². The normalized spacial score (nSPS) is 10.8. The van der Waals surface area contributed by atoms with Crippen LogP contribution in [0.2, 0.25) is 5.02 Å². The summed E-state index contributed by atoms with van der Waals surface area (Å²) >= 11 is 6.19. The highest BCUT2D eigenvalue weighted by atomic mass is 35.5. The molecule has 0 N–H and O–H groups in total. The molecule has 0 saturated carbocycles. The summed E-state index contributed by atoms with van der Waals surface area (Å²) in [7, 11) is 0. The summed E-state index contributed by atoms with van der Waals surface area (Å²) in [5.41, 5.74) is 2.53. The van der Waals surface area contributed by atoms with E-state index in [1.54, 1.807) is 24.6 Å². The summed E-state index contributed by atoms with van der Waals surface area (Å²) in [5, 5.41) is 4.78. The predicted octanol–water partition coefficient (Wildman–Crippen LogP) is 3.74. The number of benzene rings is 1. The number of ketones is 1. The Bertz CT molecular complexity index is 664. The van der Waals surface area contributed by atoms with Gasteiger partial charge in [-0.05, 0) is 38.5 Å². The fraction of sp³-hybridized carbons (Fsp3) is 0.333. The number of halogens is 2. The molecule has 1 aromatic carbocycles. The minimum Gasteiger partial charge on any atom is -0.294 e. The van der Waals surface area contributed by atoms with Gasteiger partial charge in [0.05, 0.1) is 22.8 Å². The highest BCUT2D eigenvalue weighted by Gasteiger charge is 2.18. The van der Waals surface area contributed by atoms with Crippen molar-refractivity contribution >= 4 is 17.4 Å². The number of hydrogen-bond donors (Lipinski definition) is 0. The van der Waals surface area contributed by atoms with Gasteiger partial charge in [0.1, 0.15) is 5.82 Å². The molecule has 1 aromatic heterocycles. The molecule has 0 radical (unpaired) electrons. The van der Waals surface area contributed by atoms with Gasteiger partial charge < -0.3 is 0 Å². The van der Waals surface area contributed by atoms with E-state index in [0.717, 1.165) is 5.56 Å². The number of Topliss-reactive ketones (excluding diaryl/α,β-unsaturated/α-hetero) is 1. The summed E-state index contributed by atoms with van der Waals surface area (Å²) in [5.74, 6) is -0.566. The monoisotopic (exact) mass is 294 g/mol. The Morgan fingerprint density at radius 2 is 2.10 bits per heavy atom. The van der Waals surface area contributed by atoms with Crippen molar-refractivity contribution in [2.45, 2.75) is 33.7 Å². The fourth-order valence-electron chi connectivity index (χ4n) is 2.18. The van der Waals surface area contributed by atoms with Crippen LogP contribution in [0.25, 0.3) is 0 Å². The van der Waals surface area contributed by atoms with E-state index in [1.165, 1.54) is 12.1 Å². The largest absolute Gasteiger partial charge is 0.294 e. The average Bonchev–Trinajstić information content (AvgIpc) is 2.69. The number of aromatic nitrogens is 2. The lowest BCUT2D eigenvalue weighted by atomic mass is 10.0. The maximum atomic E-state index is 13.3. The van der Waals surface area contributed by atoms with Gasteiger partial charge in [0.2, 0.25) is 0 Å². The van der Waals surface area contributed by atoms with Crippen molar-refractivity contribution in [3.05, 3.63) is 51.6 Å². The Kier molecular flexibility index (Phi) is 4.23. The molecule has 3 nitrogen and oxygen atoms in total. The number of rotatable bonds is 4. The summed E-state index contributed by atoms with van der Waals surface area (Å²) in [6.45, 7) is 6.16. The summed E-state index contributed by atoms with van der Waals surface area (Å²) in [4.78, 5) is 12.4.